The van der Waals surface area contributed by atoms with E-state index in [0.717, 1.165) is 11.8 Å². The first-order valence-electron chi connectivity index (χ1n) is 6.54. The fraction of sp³-hybridized carbons (Fsp3) is 0.857. The Morgan fingerprint density at radius 3 is 1.83 bits per heavy atom. The molecule has 0 aromatic heterocycles. The molecule has 0 saturated heterocycles. The standard InChI is InChI=1S/C12H22OS.C2H4OS/c1-9-5-7-11(8-6-9)12(3,4)14-10(2)13;1-2(3)4/h9,11H,5-8H2,1-4H3;1H3,(H,3,4). The molecule has 1 fully saturated rings. The SMILES string of the molecule is CC(=O)S.CC(=O)SC(C)(C)C1CCC(C)CC1. The highest BCUT2D eigenvalue weighted by molar-refractivity contribution is 8.14. The summed E-state index contributed by atoms with van der Waals surface area (Å²) in [4.78, 5) is 20.4. The minimum absolute atomic E-state index is 0.139. The average Bonchev–Trinajstić information content (AvgIpc) is 2.15. The van der Waals surface area contributed by atoms with Crippen LogP contribution in [0.5, 0.6) is 0 Å². The van der Waals surface area contributed by atoms with Crippen molar-refractivity contribution in [3.63, 3.8) is 0 Å². The quantitative estimate of drug-likeness (QED) is 0.768. The highest BCUT2D eigenvalue weighted by atomic mass is 32.2. The van der Waals surface area contributed by atoms with Gasteiger partial charge in [0, 0.05) is 18.6 Å². The van der Waals surface area contributed by atoms with Gasteiger partial charge in [-0.3, -0.25) is 9.59 Å². The first-order valence-corrected chi connectivity index (χ1v) is 7.80. The van der Waals surface area contributed by atoms with Crippen LogP contribution in [-0.4, -0.2) is 15.0 Å². The summed E-state index contributed by atoms with van der Waals surface area (Å²) in [6.07, 6.45) is 5.28. The number of carbonyl (C=O) groups excluding carboxylic acids is 2. The highest BCUT2D eigenvalue weighted by Crippen LogP contribution is 2.42. The Labute approximate surface area is 121 Å². The third-order valence-corrected chi connectivity index (χ3v) is 4.55. The topological polar surface area (TPSA) is 34.1 Å². The molecule has 0 heterocycles. The van der Waals surface area contributed by atoms with Gasteiger partial charge in [0.05, 0.1) is 0 Å². The number of hydrogen-bond donors (Lipinski definition) is 1. The lowest BCUT2D eigenvalue weighted by Gasteiger charge is -2.37. The average molecular weight is 290 g/mol. The summed E-state index contributed by atoms with van der Waals surface area (Å²) in [6.45, 7) is 9.85. The van der Waals surface area contributed by atoms with Gasteiger partial charge in [-0.25, -0.2) is 0 Å². The lowest BCUT2D eigenvalue weighted by Crippen LogP contribution is -2.31. The summed E-state index contributed by atoms with van der Waals surface area (Å²) in [6, 6.07) is 0. The third kappa shape index (κ3) is 8.20. The summed E-state index contributed by atoms with van der Waals surface area (Å²) < 4.78 is 0.145. The van der Waals surface area contributed by atoms with Crippen LogP contribution >= 0.6 is 24.4 Å². The van der Waals surface area contributed by atoms with E-state index in [0.29, 0.717) is 0 Å². The Kier molecular flexibility index (Phi) is 8.28. The van der Waals surface area contributed by atoms with Gasteiger partial charge in [0.1, 0.15) is 0 Å². The van der Waals surface area contributed by atoms with Crippen molar-refractivity contribution in [2.24, 2.45) is 11.8 Å². The largest absolute Gasteiger partial charge is 0.288 e. The molecular formula is C14H26O2S2. The van der Waals surface area contributed by atoms with E-state index in [4.69, 9.17) is 0 Å². The van der Waals surface area contributed by atoms with Crippen LogP contribution in [0, 0.1) is 11.8 Å². The van der Waals surface area contributed by atoms with Crippen LogP contribution in [0.2, 0.25) is 0 Å². The smallest absolute Gasteiger partial charge is 0.186 e. The molecule has 1 saturated carbocycles. The van der Waals surface area contributed by atoms with Gasteiger partial charge in [0.25, 0.3) is 0 Å². The van der Waals surface area contributed by atoms with E-state index in [1.165, 1.54) is 44.4 Å². The molecule has 0 aliphatic heterocycles. The number of thiol groups is 1. The molecule has 0 N–H and O–H groups in total. The van der Waals surface area contributed by atoms with Crippen molar-refractivity contribution < 1.29 is 9.59 Å². The number of carbonyl (C=O) groups is 2. The number of hydrogen-bond acceptors (Lipinski definition) is 3. The van der Waals surface area contributed by atoms with E-state index < -0.39 is 0 Å². The van der Waals surface area contributed by atoms with Crippen LogP contribution in [0.3, 0.4) is 0 Å². The van der Waals surface area contributed by atoms with Crippen LogP contribution < -0.4 is 0 Å². The van der Waals surface area contributed by atoms with Crippen molar-refractivity contribution in [1.82, 2.24) is 0 Å². The van der Waals surface area contributed by atoms with Gasteiger partial charge >= 0.3 is 0 Å². The van der Waals surface area contributed by atoms with Gasteiger partial charge in [-0.2, -0.15) is 0 Å². The normalized spacial score (nSPS) is 23.9. The van der Waals surface area contributed by atoms with Crippen molar-refractivity contribution in [1.29, 1.82) is 0 Å². The van der Waals surface area contributed by atoms with Gasteiger partial charge in [-0.15, -0.1) is 12.6 Å². The van der Waals surface area contributed by atoms with Crippen LogP contribution in [0.25, 0.3) is 0 Å². The second-order valence-corrected chi connectivity index (χ2v) is 8.13. The van der Waals surface area contributed by atoms with Gasteiger partial charge in [0.15, 0.2) is 10.2 Å². The molecule has 0 aromatic rings. The van der Waals surface area contributed by atoms with Crippen molar-refractivity contribution in [2.45, 2.75) is 65.0 Å². The third-order valence-electron chi connectivity index (χ3n) is 3.41. The molecule has 0 radical (unpaired) electrons. The van der Waals surface area contributed by atoms with Gasteiger partial charge in [-0.05, 0) is 38.5 Å². The van der Waals surface area contributed by atoms with Crippen LogP contribution in [-0.2, 0) is 9.59 Å². The van der Waals surface area contributed by atoms with E-state index in [2.05, 4.69) is 33.4 Å². The maximum atomic E-state index is 11.1. The zero-order chi connectivity index (χ0) is 14.3. The monoisotopic (exact) mass is 290 g/mol. The molecule has 0 bridgehead atoms. The first kappa shape index (κ1) is 18.0. The van der Waals surface area contributed by atoms with Crippen molar-refractivity contribution >= 4 is 34.6 Å². The molecule has 0 unspecified atom stereocenters. The fourth-order valence-electron chi connectivity index (χ4n) is 2.41. The number of thioether (sulfide) groups is 1. The minimum Gasteiger partial charge on any atom is -0.288 e. The van der Waals surface area contributed by atoms with Gasteiger partial charge in [-0.1, -0.05) is 31.5 Å². The molecule has 0 atom stereocenters. The maximum absolute atomic E-state index is 11.1. The number of rotatable bonds is 2. The summed E-state index contributed by atoms with van der Waals surface area (Å²) in [5.41, 5.74) is 0. The van der Waals surface area contributed by atoms with Crippen molar-refractivity contribution in [2.75, 3.05) is 0 Å². The van der Waals surface area contributed by atoms with Crippen molar-refractivity contribution in [3.8, 4) is 0 Å². The predicted molar refractivity (Wildman–Crippen MR) is 83.1 cm³/mol. The summed E-state index contributed by atoms with van der Waals surface area (Å²) in [5.74, 6) is 1.62. The van der Waals surface area contributed by atoms with E-state index >= 15 is 0 Å². The van der Waals surface area contributed by atoms with Crippen molar-refractivity contribution in [3.05, 3.63) is 0 Å². The molecule has 0 amide bonds. The maximum Gasteiger partial charge on any atom is 0.186 e. The molecule has 106 valence electrons. The predicted octanol–water partition coefficient (Wildman–Crippen LogP) is 4.33. The Balaban J connectivity index is 0.000000631. The molecule has 18 heavy (non-hydrogen) atoms. The molecule has 1 aliphatic carbocycles. The summed E-state index contributed by atoms with van der Waals surface area (Å²) in [5, 5.41) is 0.119. The summed E-state index contributed by atoms with van der Waals surface area (Å²) in [7, 11) is 0. The zero-order valence-electron chi connectivity index (χ0n) is 12.2. The lowest BCUT2D eigenvalue weighted by molar-refractivity contribution is -0.109. The Hall–Kier alpha value is 0.0400. The second-order valence-electron chi connectivity index (χ2n) is 5.67. The zero-order valence-corrected chi connectivity index (χ0v) is 13.9. The molecule has 0 spiro atoms. The molecule has 1 rings (SSSR count). The van der Waals surface area contributed by atoms with Crippen LogP contribution in [0.4, 0.5) is 0 Å². The first-order chi connectivity index (χ1) is 8.15. The van der Waals surface area contributed by atoms with E-state index in [1.54, 1.807) is 6.92 Å². The minimum atomic E-state index is -0.139. The lowest BCUT2D eigenvalue weighted by atomic mass is 9.77. The Morgan fingerprint density at radius 2 is 1.50 bits per heavy atom. The van der Waals surface area contributed by atoms with E-state index in [9.17, 15) is 9.59 Å². The Morgan fingerprint density at radius 1 is 1.11 bits per heavy atom. The van der Waals surface area contributed by atoms with Gasteiger partial charge in [0.2, 0.25) is 0 Å². The summed E-state index contributed by atoms with van der Waals surface area (Å²) >= 11 is 4.85. The Bertz CT molecular complexity index is 276. The molecule has 4 heteroatoms. The van der Waals surface area contributed by atoms with Gasteiger partial charge < -0.3 is 0 Å². The molecule has 0 aromatic carbocycles. The molecule has 2 nitrogen and oxygen atoms in total. The fourth-order valence-corrected chi connectivity index (χ4v) is 3.55. The van der Waals surface area contributed by atoms with E-state index in [-0.39, 0.29) is 15.0 Å². The second kappa shape index (κ2) is 8.26. The van der Waals surface area contributed by atoms with Crippen LogP contribution in [0.1, 0.15) is 60.3 Å². The molecular weight excluding hydrogens is 264 g/mol. The highest BCUT2D eigenvalue weighted by Gasteiger charge is 2.33. The van der Waals surface area contributed by atoms with Crippen LogP contribution in [0.15, 0.2) is 0 Å². The molecule has 1 aliphatic rings. The van der Waals surface area contributed by atoms with E-state index in [1.807, 2.05) is 0 Å².